The number of fused-ring (bicyclic) bond motifs is 1. The highest BCUT2D eigenvalue weighted by molar-refractivity contribution is 7.16. The van der Waals surface area contributed by atoms with E-state index in [1.54, 1.807) is 23.0 Å². The van der Waals surface area contributed by atoms with Crippen LogP contribution in [-0.2, 0) is 4.74 Å². The van der Waals surface area contributed by atoms with Crippen LogP contribution >= 0.6 is 11.3 Å². The topological polar surface area (TPSA) is 64.1 Å². The van der Waals surface area contributed by atoms with Crippen LogP contribution in [0.2, 0.25) is 0 Å². The molecule has 3 aromatic rings. The van der Waals surface area contributed by atoms with Crippen LogP contribution in [0.15, 0.2) is 48.2 Å². The quantitative estimate of drug-likeness (QED) is 0.778. The van der Waals surface area contributed by atoms with Gasteiger partial charge in [0.2, 0.25) is 0 Å². The van der Waals surface area contributed by atoms with Gasteiger partial charge < -0.3 is 10.1 Å². The lowest BCUT2D eigenvalue weighted by Gasteiger charge is -2.31. The molecule has 1 aliphatic rings. The van der Waals surface area contributed by atoms with Crippen molar-refractivity contribution < 1.29 is 9.53 Å². The van der Waals surface area contributed by atoms with Crippen molar-refractivity contribution in [1.82, 2.24) is 15.3 Å². The third-order valence-electron chi connectivity index (χ3n) is 4.66. The Bertz CT molecular complexity index is 859. The van der Waals surface area contributed by atoms with Gasteiger partial charge in [-0.3, -0.25) is 9.78 Å². The summed E-state index contributed by atoms with van der Waals surface area (Å²) in [5.74, 6) is 0.296. The first-order valence-corrected chi connectivity index (χ1v) is 9.31. The molecule has 6 heteroatoms. The zero-order valence-corrected chi connectivity index (χ0v) is 14.5. The second kappa shape index (κ2) is 7.29. The predicted molar refractivity (Wildman–Crippen MR) is 97.6 cm³/mol. The van der Waals surface area contributed by atoms with Gasteiger partial charge in [0, 0.05) is 31.2 Å². The minimum absolute atomic E-state index is 0.0535. The summed E-state index contributed by atoms with van der Waals surface area (Å²) in [6.07, 6.45) is 5.47. The molecule has 0 unspecified atom stereocenters. The predicted octanol–water partition coefficient (Wildman–Crippen LogP) is 3.59. The van der Waals surface area contributed by atoms with Crippen LogP contribution in [0.3, 0.4) is 0 Å². The second-order valence-corrected chi connectivity index (χ2v) is 7.11. The SMILES string of the molecule is O=C(N[C@@H](c1cccnc1)C1CCOCC1)c1ccc2ncsc2c1. The molecule has 0 saturated carbocycles. The molecule has 5 nitrogen and oxygen atoms in total. The first-order chi connectivity index (χ1) is 12.3. The van der Waals surface area contributed by atoms with E-state index >= 15 is 0 Å². The van der Waals surface area contributed by atoms with E-state index in [0.29, 0.717) is 11.5 Å². The van der Waals surface area contributed by atoms with Gasteiger partial charge in [-0.15, -0.1) is 11.3 Å². The Balaban J connectivity index is 1.59. The highest BCUT2D eigenvalue weighted by atomic mass is 32.1. The maximum atomic E-state index is 12.9. The average Bonchev–Trinajstić information content (AvgIpc) is 3.15. The summed E-state index contributed by atoms with van der Waals surface area (Å²) in [7, 11) is 0. The number of nitrogens with one attached hydrogen (secondary N) is 1. The van der Waals surface area contributed by atoms with Gasteiger partial charge in [0.05, 0.1) is 21.8 Å². The lowest BCUT2D eigenvalue weighted by molar-refractivity contribution is 0.0513. The molecule has 0 radical (unpaired) electrons. The molecule has 1 fully saturated rings. The van der Waals surface area contributed by atoms with E-state index in [1.165, 1.54) is 0 Å². The lowest BCUT2D eigenvalue weighted by Crippen LogP contribution is -2.36. The summed E-state index contributed by atoms with van der Waals surface area (Å²) in [6, 6.07) is 9.53. The summed E-state index contributed by atoms with van der Waals surface area (Å²) >= 11 is 1.54. The number of hydrogen-bond donors (Lipinski definition) is 1. The lowest BCUT2D eigenvalue weighted by atomic mass is 9.87. The molecular weight excluding hydrogens is 334 g/mol. The monoisotopic (exact) mass is 353 g/mol. The first-order valence-electron chi connectivity index (χ1n) is 8.43. The Morgan fingerprint density at radius 3 is 2.96 bits per heavy atom. The molecule has 2 aromatic heterocycles. The molecule has 0 bridgehead atoms. The van der Waals surface area contributed by atoms with Crippen LogP contribution < -0.4 is 5.32 Å². The third kappa shape index (κ3) is 3.55. The highest BCUT2D eigenvalue weighted by Crippen LogP contribution is 2.30. The minimum Gasteiger partial charge on any atom is -0.381 e. The Kier molecular flexibility index (Phi) is 4.72. The third-order valence-corrected chi connectivity index (χ3v) is 5.45. The zero-order valence-electron chi connectivity index (χ0n) is 13.7. The van der Waals surface area contributed by atoms with Crippen molar-refractivity contribution in [2.45, 2.75) is 18.9 Å². The van der Waals surface area contributed by atoms with E-state index < -0.39 is 0 Å². The van der Waals surface area contributed by atoms with E-state index in [4.69, 9.17) is 4.74 Å². The maximum absolute atomic E-state index is 12.9. The Labute approximate surface area is 150 Å². The largest absolute Gasteiger partial charge is 0.381 e. The molecule has 1 saturated heterocycles. The van der Waals surface area contributed by atoms with Crippen LogP contribution in [0, 0.1) is 5.92 Å². The van der Waals surface area contributed by atoms with Crippen molar-refractivity contribution in [3.05, 3.63) is 59.4 Å². The molecule has 0 spiro atoms. The van der Waals surface area contributed by atoms with Crippen molar-refractivity contribution in [3.63, 3.8) is 0 Å². The van der Waals surface area contributed by atoms with Gasteiger partial charge in [-0.05, 0) is 48.6 Å². The fraction of sp³-hybridized carbons (Fsp3) is 0.316. The number of benzene rings is 1. The molecule has 4 rings (SSSR count). The summed E-state index contributed by atoms with van der Waals surface area (Å²) in [5.41, 5.74) is 4.43. The normalized spacial score (nSPS) is 16.6. The molecule has 1 amide bonds. The molecule has 1 atom stereocenters. The van der Waals surface area contributed by atoms with Crippen molar-refractivity contribution >= 4 is 27.5 Å². The van der Waals surface area contributed by atoms with Gasteiger partial charge in [-0.25, -0.2) is 4.98 Å². The summed E-state index contributed by atoms with van der Waals surface area (Å²) in [5, 5.41) is 3.23. The van der Waals surface area contributed by atoms with Crippen LogP contribution in [0.25, 0.3) is 10.2 Å². The second-order valence-electron chi connectivity index (χ2n) is 6.22. The highest BCUT2D eigenvalue weighted by Gasteiger charge is 2.27. The number of pyridine rings is 1. The summed E-state index contributed by atoms with van der Waals surface area (Å²) in [4.78, 5) is 21.3. The number of aromatic nitrogens is 2. The van der Waals surface area contributed by atoms with Crippen LogP contribution in [0.5, 0.6) is 0 Å². The van der Waals surface area contributed by atoms with Crippen molar-refractivity contribution in [2.75, 3.05) is 13.2 Å². The minimum atomic E-state index is -0.0596. The molecule has 128 valence electrons. The van der Waals surface area contributed by atoms with Gasteiger partial charge in [0.25, 0.3) is 5.91 Å². The Morgan fingerprint density at radius 1 is 1.28 bits per heavy atom. The number of rotatable bonds is 4. The standard InChI is InChI=1S/C19H19N3O2S/c23-19(14-3-4-16-17(10-14)25-12-21-16)22-18(13-5-8-24-9-6-13)15-2-1-7-20-11-15/h1-4,7,10-13,18H,5-6,8-9H2,(H,22,23)/t18-/m1/s1. The van der Waals surface area contributed by atoms with Crippen molar-refractivity contribution in [1.29, 1.82) is 0 Å². The van der Waals surface area contributed by atoms with E-state index in [2.05, 4.69) is 15.3 Å². The van der Waals surface area contributed by atoms with Crippen molar-refractivity contribution in [3.8, 4) is 0 Å². The summed E-state index contributed by atoms with van der Waals surface area (Å²) in [6.45, 7) is 1.48. The maximum Gasteiger partial charge on any atom is 0.251 e. The average molecular weight is 353 g/mol. The molecule has 1 aliphatic heterocycles. The zero-order chi connectivity index (χ0) is 17.1. The van der Waals surface area contributed by atoms with Gasteiger partial charge in [-0.1, -0.05) is 6.07 Å². The van der Waals surface area contributed by atoms with E-state index in [9.17, 15) is 4.79 Å². The number of thiazole rings is 1. The van der Waals surface area contributed by atoms with Crippen LogP contribution in [0.4, 0.5) is 0 Å². The number of hydrogen-bond acceptors (Lipinski definition) is 5. The molecule has 3 heterocycles. The smallest absolute Gasteiger partial charge is 0.251 e. The van der Waals surface area contributed by atoms with Gasteiger partial charge in [0.1, 0.15) is 0 Å². The summed E-state index contributed by atoms with van der Waals surface area (Å²) < 4.78 is 6.51. The van der Waals surface area contributed by atoms with Crippen LogP contribution in [-0.4, -0.2) is 29.1 Å². The van der Waals surface area contributed by atoms with Crippen molar-refractivity contribution in [2.24, 2.45) is 5.92 Å². The van der Waals surface area contributed by atoms with E-state index in [1.807, 2.05) is 36.5 Å². The van der Waals surface area contributed by atoms with Crippen LogP contribution in [0.1, 0.15) is 34.8 Å². The number of carbonyl (C=O) groups excluding carboxylic acids is 1. The van der Waals surface area contributed by atoms with E-state index in [0.717, 1.165) is 41.8 Å². The van der Waals surface area contributed by atoms with Gasteiger partial charge in [0.15, 0.2) is 0 Å². The number of nitrogens with zero attached hydrogens (tertiary/aromatic N) is 2. The fourth-order valence-corrected chi connectivity index (χ4v) is 4.02. The molecule has 1 N–H and O–H groups in total. The molecule has 0 aliphatic carbocycles. The van der Waals surface area contributed by atoms with Gasteiger partial charge in [-0.2, -0.15) is 0 Å². The number of amides is 1. The fourth-order valence-electron chi connectivity index (χ4n) is 3.30. The van der Waals surface area contributed by atoms with E-state index in [-0.39, 0.29) is 11.9 Å². The Morgan fingerprint density at radius 2 is 2.16 bits per heavy atom. The molecular formula is C19H19N3O2S. The molecule has 25 heavy (non-hydrogen) atoms. The van der Waals surface area contributed by atoms with Gasteiger partial charge >= 0.3 is 0 Å². The number of ether oxygens (including phenoxy) is 1. The first kappa shape index (κ1) is 16.2. The molecule has 1 aromatic carbocycles. The Hall–Kier alpha value is -2.31. The number of carbonyl (C=O) groups is 1.